The topological polar surface area (TPSA) is 88.5 Å². The van der Waals surface area contributed by atoms with Gasteiger partial charge < -0.3 is 0 Å². The summed E-state index contributed by atoms with van der Waals surface area (Å²) in [5, 5.41) is -1.68. The van der Waals surface area contributed by atoms with Gasteiger partial charge in [0, 0.05) is 5.56 Å². The van der Waals surface area contributed by atoms with E-state index in [2.05, 4.69) is 0 Å². The number of allylic oxidation sites excluding steroid dienone is 3. The molecule has 2 aliphatic rings. The number of ketones is 2. The number of carbonyl (C=O) groups excluding carboxylic acids is 2. The van der Waals surface area contributed by atoms with Crippen molar-refractivity contribution in [3.63, 3.8) is 0 Å². The van der Waals surface area contributed by atoms with Crippen LogP contribution in [0, 0.1) is 0 Å². The Hall–Kier alpha value is -2.05. The van der Waals surface area contributed by atoms with E-state index in [0.717, 1.165) is 11.6 Å². The molecule has 0 saturated carbocycles. The van der Waals surface area contributed by atoms with Crippen LogP contribution >= 0.6 is 0 Å². The molecule has 0 spiro atoms. The highest BCUT2D eigenvalue weighted by molar-refractivity contribution is 7.87. The van der Waals surface area contributed by atoms with E-state index in [1.807, 2.05) is 0 Å². The molecular weight excluding hydrogens is 280 g/mol. The van der Waals surface area contributed by atoms with Gasteiger partial charge in [-0.25, -0.2) is 0 Å². The lowest BCUT2D eigenvalue weighted by atomic mass is 9.80. The second kappa shape index (κ2) is 4.22. The molecule has 1 aromatic rings. The van der Waals surface area contributed by atoms with Crippen molar-refractivity contribution in [1.82, 2.24) is 0 Å². The molecule has 3 rings (SSSR count). The molecule has 1 atom stereocenters. The summed E-state index contributed by atoms with van der Waals surface area (Å²) in [7, 11) is -4.55. The van der Waals surface area contributed by atoms with Crippen molar-refractivity contribution in [2.75, 3.05) is 0 Å². The van der Waals surface area contributed by atoms with Crippen molar-refractivity contribution in [3.8, 4) is 0 Å². The summed E-state index contributed by atoms with van der Waals surface area (Å²) in [6.45, 7) is 0. The Labute approximate surface area is 115 Å². The molecule has 5 nitrogen and oxygen atoms in total. The van der Waals surface area contributed by atoms with Crippen molar-refractivity contribution >= 4 is 21.7 Å². The predicted molar refractivity (Wildman–Crippen MR) is 71.0 cm³/mol. The third-order valence-corrected chi connectivity index (χ3v) is 4.50. The first kappa shape index (κ1) is 13.0. The van der Waals surface area contributed by atoms with Crippen molar-refractivity contribution < 1.29 is 22.6 Å². The van der Waals surface area contributed by atoms with Gasteiger partial charge in [0.05, 0.1) is 5.57 Å². The molecular formula is C14H10O5S. The van der Waals surface area contributed by atoms with E-state index in [4.69, 9.17) is 4.55 Å². The summed E-state index contributed by atoms with van der Waals surface area (Å²) in [6.07, 6.45) is 2.96. The smallest absolute Gasteiger partial charge is 0.279 e. The quantitative estimate of drug-likeness (QED) is 0.618. The molecule has 0 bridgehead atoms. The highest BCUT2D eigenvalue weighted by Gasteiger charge is 2.39. The maximum absolute atomic E-state index is 12.3. The van der Waals surface area contributed by atoms with Crippen LogP contribution in [-0.2, 0) is 21.3 Å². The fourth-order valence-corrected chi connectivity index (χ4v) is 3.22. The molecule has 0 heterocycles. The molecule has 0 fully saturated rings. The van der Waals surface area contributed by atoms with Gasteiger partial charge in [0.1, 0.15) is 0 Å². The van der Waals surface area contributed by atoms with Gasteiger partial charge in [-0.1, -0.05) is 36.4 Å². The van der Waals surface area contributed by atoms with Crippen molar-refractivity contribution in [1.29, 1.82) is 0 Å². The molecule has 1 N–H and O–H groups in total. The Morgan fingerprint density at radius 1 is 1.15 bits per heavy atom. The third-order valence-electron chi connectivity index (χ3n) is 3.49. The summed E-state index contributed by atoms with van der Waals surface area (Å²) in [4.78, 5) is 24.5. The minimum Gasteiger partial charge on any atom is -0.292 e. The number of Topliss-reactive ketones (excluding diaryl/α,β-unsaturated/α-hetero) is 2. The molecule has 0 aliphatic heterocycles. The van der Waals surface area contributed by atoms with Crippen LogP contribution < -0.4 is 0 Å². The van der Waals surface area contributed by atoms with Gasteiger partial charge in [-0.2, -0.15) is 8.42 Å². The number of benzene rings is 1. The maximum Gasteiger partial charge on any atom is 0.279 e. The van der Waals surface area contributed by atoms with Crippen LogP contribution in [0.15, 0.2) is 47.6 Å². The van der Waals surface area contributed by atoms with Crippen LogP contribution in [0.2, 0.25) is 0 Å². The molecule has 102 valence electrons. The van der Waals surface area contributed by atoms with Crippen LogP contribution in [0.5, 0.6) is 0 Å². The third kappa shape index (κ3) is 1.85. The van der Waals surface area contributed by atoms with Gasteiger partial charge in [0.2, 0.25) is 0 Å². The van der Waals surface area contributed by atoms with Crippen LogP contribution in [0.1, 0.15) is 15.9 Å². The van der Waals surface area contributed by atoms with Gasteiger partial charge in [0.25, 0.3) is 10.1 Å². The Kier molecular flexibility index (Phi) is 2.74. The minimum atomic E-state index is -4.55. The average molecular weight is 290 g/mol. The van der Waals surface area contributed by atoms with E-state index in [0.29, 0.717) is 17.6 Å². The van der Waals surface area contributed by atoms with Gasteiger partial charge in [0.15, 0.2) is 16.8 Å². The molecule has 1 aromatic carbocycles. The zero-order valence-electron chi connectivity index (χ0n) is 10.2. The SMILES string of the molecule is O=C1C2=C(C=CC(S(=O)(=O)O)C2=O)Cc2ccccc21. The Morgan fingerprint density at radius 3 is 2.55 bits per heavy atom. The highest BCUT2D eigenvalue weighted by atomic mass is 32.2. The molecule has 20 heavy (non-hydrogen) atoms. The van der Waals surface area contributed by atoms with Crippen molar-refractivity contribution in [3.05, 3.63) is 58.7 Å². The van der Waals surface area contributed by atoms with E-state index >= 15 is 0 Å². The Bertz CT molecular complexity index is 799. The fourth-order valence-electron chi connectivity index (χ4n) is 2.55. The summed E-state index contributed by atoms with van der Waals surface area (Å²) < 4.78 is 31.4. The van der Waals surface area contributed by atoms with E-state index in [1.165, 1.54) is 6.08 Å². The molecule has 1 unspecified atom stereocenters. The monoisotopic (exact) mass is 290 g/mol. The zero-order chi connectivity index (χ0) is 14.5. The lowest BCUT2D eigenvalue weighted by Gasteiger charge is -2.24. The molecule has 0 radical (unpaired) electrons. The number of hydrogen-bond donors (Lipinski definition) is 1. The number of carbonyl (C=O) groups is 2. The predicted octanol–water partition coefficient (Wildman–Crippen LogP) is 1.12. The second-order valence-electron chi connectivity index (χ2n) is 4.72. The molecule has 0 saturated heterocycles. The minimum absolute atomic E-state index is 0.131. The van der Waals surface area contributed by atoms with Gasteiger partial charge in [-0.15, -0.1) is 0 Å². The molecule has 0 amide bonds. The van der Waals surface area contributed by atoms with Gasteiger partial charge in [-0.3, -0.25) is 14.1 Å². The van der Waals surface area contributed by atoms with Crippen molar-refractivity contribution in [2.24, 2.45) is 0 Å². The summed E-state index contributed by atoms with van der Waals surface area (Å²) in [6, 6.07) is 6.89. The summed E-state index contributed by atoms with van der Waals surface area (Å²) in [5.74, 6) is -1.34. The van der Waals surface area contributed by atoms with E-state index in [1.54, 1.807) is 24.3 Å². The largest absolute Gasteiger partial charge is 0.292 e. The Morgan fingerprint density at radius 2 is 1.85 bits per heavy atom. The normalized spacial score (nSPS) is 21.8. The van der Waals surface area contributed by atoms with Crippen LogP contribution in [0.4, 0.5) is 0 Å². The summed E-state index contributed by atoms with van der Waals surface area (Å²) >= 11 is 0. The van der Waals surface area contributed by atoms with Crippen LogP contribution in [0.25, 0.3) is 0 Å². The van der Waals surface area contributed by atoms with Crippen molar-refractivity contribution in [2.45, 2.75) is 11.7 Å². The molecule has 6 heteroatoms. The highest BCUT2D eigenvalue weighted by Crippen LogP contribution is 2.31. The van der Waals surface area contributed by atoms with Crippen LogP contribution in [-0.4, -0.2) is 29.8 Å². The Balaban J connectivity index is 2.13. The second-order valence-corrected chi connectivity index (χ2v) is 6.26. The van der Waals surface area contributed by atoms with E-state index in [-0.39, 0.29) is 5.57 Å². The van der Waals surface area contributed by atoms with E-state index in [9.17, 15) is 18.0 Å². The van der Waals surface area contributed by atoms with Gasteiger partial charge in [-0.05, 0) is 17.6 Å². The maximum atomic E-state index is 12.3. The lowest BCUT2D eigenvalue weighted by Crippen LogP contribution is -2.36. The number of hydrogen-bond acceptors (Lipinski definition) is 4. The number of rotatable bonds is 1. The fraction of sp³-hybridized carbons (Fsp3) is 0.143. The standard InChI is InChI=1S/C14H10O5S/c15-13-10-4-2-1-3-8(10)7-9-5-6-11(20(17,18)19)14(16)12(9)13/h1-6,11H,7H2,(H,17,18,19). The van der Waals surface area contributed by atoms with E-state index < -0.39 is 26.9 Å². The van der Waals surface area contributed by atoms with Crippen LogP contribution in [0.3, 0.4) is 0 Å². The first-order chi connectivity index (χ1) is 9.39. The average Bonchev–Trinajstić information content (AvgIpc) is 2.37. The first-order valence-electron chi connectivity index (χ1n) is 5.94. The molecule has 2 aliphatic carbocycles. The number of fused-ring (bicyclic) bond motifs is 1. The first-order valence-corrected chi connectivity index (χ1v) is 7.44. The molecule has 0 aromatic heterocycles. The zero-order valence-corrected chi connectivity index (χ0v) is 11.1. The summed E-state index contributed by atoms with van der Waals surface area (Å²) in [5.41, 5.74) is 1.58. The lowest BCUT2D eigenvalue weighted by molar-refractivity contribution is -0.114. The van der Waals surface area contributed by atoms with Gasteiger partial charge >= 0.3 is 0 Å².